The molecule has 86 valence electrons. The van der Waals surface area contributed by atoms with Crippen LogP contribution in [-0.2, 0) is 5.41 Å². The summed E-state index contributed by atoms with van der Waals surface area (Å²) >= 11 is 0. The van der Waals surface area contributed by atoms with Gasteiger partial charge in [-0.3, -0.25) is 0 Å². The first-order valence-corrected chi connectivity index (χ1v) is 5.46. The standard InChI is InChI=1S/C13H16N2.ClH/c1-11-3-2-4-12(9-11)13(10-14)5-7-15-8-6-13;/h2-4,9,15H,5-8H2,1H3;1H. The fourth-order valence-corrected chi connectivity index (χ4v) is 2.26. The molecular formula is C13H17ClN2. The zero-order valence-corrected chi connectivity index (χ0v) is 10.3. The lowest BCUT2D eigenvalue weighted by atomic mass is 9.74. The number of halogens is 1. The van der Waals surface area contributed by atoms with E-state index in [2.05, 4.69) is 36.5 Å². The van der Waals surface area contributed by atoms with Gasteiger partial charge in [0.1, 0.15) is 0 Å². The highest BCUT2D eigenvalue weighted by atomic mass is 35.5. The van der Waals surface area contributed by atoms with Gasteiger partial charge in [-0.15, -0.1) is 12.4 Å². The minimum atomic E-state index is -0.253. The van der Waals surface area contributed by atoms with E-state index < -0.39 is 0 Å². The van der Waals surface area contributed by atoms with Gasteiger partial charge in [-0.05, 0) is 38.4 Å². The molecule has 1 aromatic rings. The average Bonchev–Trinajstić information content (AvgIpc) is 2.30. The number of hydrogen-bond acceptors (Lipinski definition) is 2. The van der Waals surface area contributed by atoms with Gasteiger partial charge in [0.2, 0.25) is 0 Å². The van der Waals surface area contributed by atoms with Gasteiger partial charge in [0.15, 0.2) is 0 Å². The minimum absolute atomic E-state index is 0. The van der Waals surface area contributed by atoms with E-state index in [-0.39, 0.29) is 17.8 Å². The number of aryl methyl sites for hydroxylation is 1. The molecule has 2 nitrogen and oxygen atoms in total. The maximum atomic E-state index is 9.41. The summed E-state index contributed by atoms with van der Waals surface area (Å²) in [6, 6.07) is 10.9. The maximum absolute atomic E-state index is 9.41. The Hall–Kier alpha value is -1.04. The lowest BCUT2D eigenvalue weighted by molar-refractivity contribution is 0.382. The molecule has 0 spiro atoms. The second-order valence-corrected chi connectivity index (χ2v) is 4.31. The van der Waals surface area contributed by atoms with Crippen LogP contribution < -0.4 is 5.32 Å². The van der Waals surface area contributed by atoms with Crippen molar-refractivity contribution in [3.05, 3.63) is 35.4 Å². The number of nitriles is 1. The molecule has 0 unspecified atom stereocenters. The van der Waals surface area contributed by atoms with E-state index in [0.29, 0.717) is 0 Å². The van der Waals surface area contributed by atoms with Crippen LogP contribution in [0.5, 0.6) is 0 Å². The van der Waals surface area contributed by atoms with E-state index in [1.54, 1.807) is 0 Å². The average molecular weight is 237 g/mol. The van der Waals surface area contributed by atoms with E-state index in [1.165, 1.54) is 11.1 Å². The van der Waals surface area contributed by atoms with Gasteiger partial charge in [-0.25, -0.2) is 0 Å². The lowest BCUT2D eigenvalue weighted by Gasteiger charge is -2.31. The van der Waals surface area contributed by atoms with Crippen molar-refractivity contribution in [3.63, 3.8) is 0 Å². The molecule has 1 saturated heterocycles. The van der Waals surface area contributed by atoms with Crippen molar-refractivity contribution in [3.8, 4) is 6.07 Å². The molecule has 2 rings (SSSR count). The third-order valence-electron chi connectivity index (χ3n) is 3.24. The first-order valence-electron chi connectivity index (χ1n) is 5.46. The number of piperidine rings is 1. The zero-order chi connectivity index (χ0) is 10.7. The van der Waals surface area contributed by atoms with Crippen molar-refractivity contribution >= 4 is 12.4 Å². The van der Waals surface area contributed by atoms with Crippen LogP contribution in [0.4, 0.5) is 0 Å². The van der Waals surface area contributed by atoms with Crippen molar-refractivity contribution < 1.29 is 0 Å². The monoisotopic (exact) mass is 236 g/mol. The van der Waals surface area contributed by atoms with E-state index in [1.807, 2.05) is 6.07 Å². The quantitative estimate of drug-likeness (QED) is 0.814. The highest BCUT2D eigenvalue weighted by Gasteiger charge is 2.33. The van der Waals surface area contributed by atoms with Gasteiger partial charge in [0.05, 0.1) is 11.5 Å². The van der Waals surface area contributed by atoms with Crippen LogP contribution in [0, 0.1) is 18.3 Å². The van der Waals surface area contributed by atoms with Crippen LogP contribution in [-0.4, -0.2) is 13.1 Å². The molecule has 0 amide bonds. The van der Waals surface area contributed by atoms with Crippen molar-refractivity contribution in [1.29, 1.82) is 5.26 Å². The molecule has 0 aromatic heterocycles. The fourth-order valence-electron chi connectivity index (χ4n) is 2.26. The van der Waals surface area contributed by atoms with Crippen LogP contribution >= 0.6 is 12.4 Å². The Morgan fingerprint density at radius 2 is 2.00 bits per heavy atom. The second kappa shape index (κ2) is 5.34. The number of benzene rings is 1. The predicted octanol–water partition coefficient (Wildman–Crippen LogP) is 2.56. The Bertz CT molecular complexity index is 389. The van der Waals surface area contributed by atoms with Crippen LogP contribution in [0.2, 0.25) is 0 Å². The molecule has 16 heavy (non-hydrogen) atoms. The molecule has 1 heterocycles. The molecular weight excluding hydrogens is 220 g/mol. The Kier molecular flexibility index (Phi) is 4.35. The molecule has 0 radical (unpaired) electrons. The number of nitrogens with one attached hydrogen (secondary N) is 1. The van der Waals surface area contributed by atoms with E-state index in [0.717, 1.165) is 25.9 Å². The molecule has 3 heteroatoms. The largest absolute Gasteiger partial charge is 0.317 e. The Labute approximate surface area is 103 Å². The number of nitrogens with zero attached hydrogens (tertiary/aromatic N) is 1. The SMILES string of the molecule is Cc1cccc(C2(C#N)CCNCC2)c1.Cl. The maximum Gasteiger partial charge on any atom is 0.0846 e. The van der Waals surface area contributed by atoms with Gasteiger partial charge in [-0.1, -0.05) is 29.8 Å². The van der Waals surface area contributed by atoms with Crippen molar-refractivity contribution in [1.82, 2.24) is 5.32 Å². The molecule has 1 aliphatic heterocycles. The van der Waals surface area contributed by atoms with Gasteiger partial charge in [0, 0.05) is 0 Å². The molecule has 0 bridgehead atoms. The summed E-state index contributed by atoms with van der Waals surface area (Å²) in [6.45, 7) is 3.97. The summed E-state index contributed by atoms with van der Waals surface area (Å²) in [6.07, 6.45) is 1.85. The molecule has 1 aromatic carbocycles. The number of hydrogen-bond donors (Lipinski definition) is 1. The third-order valence-corrected chi connectivity index (χ3v) is 3.24. The summed E-state index contributed by atoms with van der Waals surface area (Å²) in [5.41, 5.74) is 2.17. The van der Waals surface area contributed by atoms with Crippen molar-refractivity contribution in [2.45, 2.75) is 25.2 Å². The van der Waals surface area contributed by atoms with E-state index in [9.17, 15) is 5.26 Å². The van der Waals surface area contributed by atoms with Gasteiger partial charge < -0.3 is 5.32 Å². The van der Waals surface area contributed by atoms with E-state index in [4.69, 9.17) is 0 Å². The molecule has 0 atom stereocenters. The molecule has 1 fully saturated rings. The van der Waals surface area contributed by atoms with Gasteiger partial charge in [0.25, 0.3) is 0 Å². The minimum Gasteiger partial charge on any atom is -0.317 e. The summed E-state index contributed by atoms with van der Waals surface area (Å²) < 4.78 is 0. The molecule has 1 N–H and O–H groups in total. The van der Waals surface area contributed by atoms with Gasteiger partial charge >= 0.3 is 0 Å². The summed E-state index contributed by atoms with van der Waals surface area (Å²) in [4.78, 5) is 0. The van der Waals surface area contributed by atoms with Crippen LogP contribution in [0.3, 0.4) is 0 Å². The highest BCUT2D eigenvalue weighted by Crippen LogP contribution is 2.32. The summed E-state index contributed by atoms with van der Waals surface area (Å²) in [5.74, 6) is 0. The lowest BCUT2D eigenvalue weighted by Crippen LogP contribution is -2.38. The molecule has 1 aliphatic rings. The van der Waals surface area contributed by atoms with Crippen LogP contribution in [0.1, 0.15) is 24.0 Å². The predicted molar refractivity (Wildman–Crippen MR) is 67.8 cm³/mol. The zero-order valence-electron chi connectivity index (χ0n) is 9.49. The topological polar surface area (TPSA) is 35.8 Å². The first kappa shape index (κ1) is 13.0. The van der Waals surface area contributed by atoms with E-state index >= 15 is 0 Å². The van der Waals surface area contributed by atoms with Crippen LogP contribution in [0.15, 0.2) is 24.3 Å². The van der Waals surface area contributed by atoms with Crippen molar-refractivity contribution in [2.75, 3.05) is 13.1 Å². The Morgan fingerprint density at radius 1 is 1.31 bits per heavy atom. The fraction of sp³-hybridized carbons (Fsp3) is 0.462. The Balaban J connectivity index is 0.00000128. The highest BCUT2D eigenvalue weighted by molar-refractivity contribution is 5.85. The third kappa shape index (κ3) is 2.37. The van der Waals surface area contributed by atoms with Crippen molar-refractivity contribution in [2.24, 2.45) is 0 Å². The van der Waals surface area contributed by atoms with Crippen LogP contribution in [0.25, 0.3) is 0 Å². The molecule has 0 saturated carbocycles. The summed E-state index contributed by atoms with van der Waals surface area (Å²) in [7, 11) is 0. The normalized spacial score (nSPS) is 18.2. The Morgan fingerprint density at radius 3 is 2.56 bits per heavy atom. The smallest absolute Gasteiger partial charge is 0.0846 e. The first-order chi connectivity index (χ1) is 7.27. The second-order valence-electron chi connectivity index (χ2n) is 4.31. The summed E-state index contributed by atoms with van der Waals surface area (Å²) in [5, 5.41) is 12.7. The van der Waals surface area contributed by atoms with Gasteiger partial charge in [-0.2, -0.15) is 5.26 Å². The molecule has 0 aliphatic carbocycles. The number of rotatable bonds is 1.